The van der Waals surface area contributed by atoms with Crippen LogP contribution in [0.3, 0.4) is 0 Å². The lowest BCUT2D eigenvalue weighted by Crippen LogP contribution is -2.47. The van der Waals surface area contributed by atoms with Crippen LogP contribution in [0.2, 0.25) is 0 Å². The monoisotopic (exact) mass is 284 g/mol. The molecule has 122 valence electrons. The number of unbranched alkanes of at least 4 members (excludes halogenated alkanes) is 5. The molecule has 1 unspecified atom stereocenters. The van der Waals surface area contributed by atoms with Gasteiger partial charge in [0.2, 0.25) is 0 Å². The summed E-state index contributed by atoms with van der Waals surface area (Å²) in [7, 11) is 0. The third kappa shape index (κ3) is 6.16. The fourth-order valence-corrected chi connectivity index (χ4v) is 3.74. The predicted octanol–water partition coefficient (Wildman–Crippen LogP) is 6.20. The van der Waals surface area contributed by atoms with Gasteiger partial charge in [-0.3, -0.25) is 0 Å². The molecular formula is C19H40O. The van der Waals surface area contributed by atoms with Gasteiger partial charge in [-0.1, -0.05) is 86.5 Å². The number of aliphatic hydroxyl groups is 1. The number of hydrogen-bond donors (Lipinski definition) is 1. The summed E-state index contributed by atoms with van der Waals surface area (Å²) in [4.78, 5) is 0. The van der Waals surface area contributed by atoms with Gasteiger partial charge in [0.05, 0.1) is 5.60 Å². The molecule has 0 aromatic heterocycles. The normalized spacial score (nSPS) is 14.2. The maximum Gasteiger partial charge on any atom is 0.0721 e. The second-order valence-electron chi connectivity index (χ2n) is 7.24. The third-order valence-corrected chi connectivity index (χ3v) is 5.05. The van der Waals surface area contributed by atoms with Gasteiger partial charge in [0.15, 0.2) is 0 Å². The van der Waals surface area contributed by atoms with E-state index in [0.29, 0.717) is 17.8 Å². The highest BCUT2D eigenvalue weighted by Crippen LogP contribution is 2.39. The summed E-state index contributed by atoms with van der Waals surface area (Å²) in [5.41, 5.74) is -0.487. The molecule has 1 nitrogen and oxygen atoms in total. The van der Waals surface area contributed by atoms with E-state index < -0.39 is 5.60 Å². The quantitative estimate of drug-likeness (QED) is 0.423. The Balaban J connectivity index is 4.39. The van der Waals surface area contributed by atoms with Crippen LogP contribution in [0.4, 0.5) is 0 Å². The molecule has 0 saturated heterocycles. The standard InChI is InChI=1S/C19H40O/c1-7-9-10-11-12-13-15-18(14-8-2)19(20,16(3)4)17(5)6/h16-18,20H,7-15H2,1-6H3. The van der Waals surface area contributed by atoms with Gasteiger partial charge in [0.25, 0.3) is 0 Å². The summed E-state index contributed by atoms with van der Waals surface area (Å²) in [6, 6.07) is 0. The fourth-order valence-electron chi connectivity index (χ4n) is 3.74. The average molecular weight is 285 g/mol. The molecule has 0 spiro atoms. The summed E-state index contributed by atoms with van der Waals surface area (Å²) in [6.45, 7) is 13.2. The smallest absolute Gasteiger partial charge is 0.0721 e. The molecule has 0 rings (SSSR count). The van der Waals surface area contributed by atoms with E-state index in [0.717, 1.165) is 0 Å². The Kier molecular flexibility index (Phi) is 10.6. The van der Waals surface area contributed by atoms with Crippen molar-refractivity contribution < 1.29 is 5.11 Å². The first-order valence-electron chi connectivity index (χ1n) is 9.13. The molecule has 20 heavy (non-hydrogen) atoms. The second-order valence-corrected chi connectivity index (χ2v) is 7.24. The molecule has 0 aliphatic rings. The summed E-state index contributed by atoms with van der Waals surface area (Å²) in [6.07, 6.45) is 11.6. The molecule has 0 radical (unpaired) electrons. The van der Waals surface area contributed by atoms with Crippen molar-refractivity contribution in [3.8, 4) is 0 Å². The lowest BCUT2D eigenvalue weighted by molar-refractivity contribution is -0.102. The van der Waals surface area contributed by atoms with Gasteiger partial charge >= 0.3 is 0 Å². The highest BCUT2D eigenvalue weighted by Gasteiger charge is 2.41. The maximum absolute atomic E-state index is 11.2. The van der Waals surface area contributed by atoms with Crippen LogP contribution in [0.15, 0.2) is 0 Å². The molecule has 1 N–H and O–H groups in total. The summed E-state index contributed by atoms with van der Waals surface area (Å²) in [5, 5.41) is 11.2. The molecule has 0 aliphatic carbocycles. The van der Waals surface area contributed by atoms with Crippen LogP contribution in [-0.4, -0.2) is 10.7 Å². The second kappa shape index (κ2) is 10.7. The SMILES string of the molecule is CCCCCCCCC(CCC)C(O)(C(C)C)C(C)C. The van der Waals surface area contributed by atoms with E-state index in [1.807, 2.05) is 0 Å². The van der Waals surface area contributed by atoms with Crippen molar-refractivity contribution in [2.75, 3.05) is 0 Å². The Morgan fingerprint density at radius 2 is 1.20 bits per heavy atom. The zero-order chi connectivity index (χ0) is 15.6. The Morgan fingerprint density at radius 3 is 1.65 bits per heavy atom. The third-order valence-electron chi connectivity index (χ3n) is 5.05. The summed E-state index contributed by atoms with van der Waals surface area (Å²) < 4.78 is 0. The minimum atomic E-state index is -0.487. The van der Waals surface area contributed by atoms with E-state index in [1.54, 1.807) is 0 Å². The Labute approximate surface area is 128 Å². The number of hydrogen-bond acceptors (Lipinski definition) is 1. The minimum Gasteiger partial charge on any atom is -0.389 e. The van der Waals surface area contributed by atoms with Crippen molar-refractivity contribution in [3.05, 3.63) is 0 Å². The van der Waals surface area contributed by atoms with Crippen molar-refractivity contribution >= 4 is 0 Å². The Morgan fingerprint density at radius 1 is 0.700 bits per heavy atom. The zero-order valence-electron chi connectivity index (χ0n) is 15.0. The van der Waals surface area contributed by atoms with E-state index in [4.69, 9.17) is 0 Å². The van der Waals surface area contributed by atoms with E-state index in [9.17, 15) is 5.11 Å². The lowest BCUT2D eigenvalue weighted by Gasteiger charge is -2.43. The van der Waals surface area contributed by atoms with Gasteiger partial charge in [-0.05, 0) is 30.6 Å². The molecular weight excluding hydrogens is 244 g/mol. The first-order valence-corrected chi connectivity index (χ1v) is 9.13. The molecule has 0 aromatic carbocycles. The highest BCUT2D eigenvalue weighted by atomic mass is 16.3. The minimum absolute atomic E-state index is 0.346. The molecule has 0 amide bonds. The maximum atomic E-state index is 11.2. The van der Waals surface area contributed by atoms with Gasteiger partial charge in [-0.15, -0.1) is 0 Å². The highest BCUT2D eigenvalue weighted by molar-refractivity contribution is 4.91. The fraction of sp³-hybridized carbons (Fsp3) is 1.00. The zero-order valence-corrected chi connectivity index (χ0v) is 15.0. The van der Waals surface area contributed by atoms with Crippen molar-refractivity contribution in [2.45, 2.75) is 105 Å². The van der Waals surface area contributed by atoms with Crippen LogP contribution < -0.4 is 0 Å². The van der Waals surface area contributed by atoms with Crippen molar-refractivity contribution in [1.82, 2.24) is 0 Å². The van der Waals surface area contributed by atoms with Crippen LogP contribution in [-0.2, 0) is 0 Å². The van der Waals surface area contributed by atoms with Gasteiger partial charge in [0, 0.05) is 0 Å². The largest absolute Gasteiger partial charge is 0.389 e. The molecule has 0 heterocycles. The van der Waals surface area contributed by atoms with Gasteiger partial charge in [0.1, 0.15) is 0 Å². The average Bonchev–Trinajstić information content (AvgIpc) is 2.40. The van der Waals surface area contributed by atoms with Gasteiger partial charge < -0.3 is 5.11 Å². The van der Waals surface area contributed by atoms with Crippen LogP contribution >= 0.6 is 0 Å². The molecule has 0 saturated carbocycles. The van der Waals surface area contributed by atoms with Gasteiger partial charge in [-0.2, -0.15) is 0 Å². The molecule has 0 aliphatic heterocycles. The van der Waals surface area contributed by atoms with E-state index in [1.165, 1.54) is 57.8 Å². The van der Waals surface area contributed by atoms with Crippen LogP contribution in [0.25, 0.3) is 0 Å². The molecule has 0 aromatic rings. The van der Waals surface area contributed by atoms with Crippen LogP contribution in [0, 0.1) is 17.8 Å². The van der Waals surface area contributed by atoms with Crippen molar-refractivity contribution in [3.63, 3.8) is 0 Å². The van der Waals surface area contributed by atoms with Gasteiger partial charge in [-0.25, -0.2) is 0 Å². The van der Waals surface area contributed by atoms with E-state index in [2.05, 4.69) is 41.5 Å². The van der Waals surface area contributed by atoms with E-state index >= 15 is 0 Å². The van der Waals surface area contributed by atoms with E-state index in [-0.39, 0.29) is 0 Å². The number of rotatable bonds is 12. The summed E-state index contributed by atoms with van der Waals surface area (Å²) >= 11 is 0. The molecule has 0 fully saturated rings. The first kappa shape index (κ1) is 20.0. The van der Waals surface area contributed by atoms with Crippen molar-refractivity contribution in [2.24, 2.45) is 17.8 Å². The molecule has 0 bridgehead atoms. The van der Waals surface area contributed by atoms with Crippen LogP contribution in [0.5, 0.6) is 0 Å². The molecule has 1 heteroatoms. The summed E-state index contributed by atoms with van der Waals surface area (Å²) in [5.74, 6) is 1.16. The predicted molar refractivity (Wildman–Crippen MR) is 91.0 cm³/mol. The lowest BCUT2D eigenvalue weighted by atomic mass is 9.68. The van der Waals surface area contributed by atoms with Crippen molar-refractivity contribution in [1.29, 1.82) is 0 Å². The van der Waals surface area contributed by atoms with Crippen LogP contribution in [0.1, 0.15) is 99.3 Å². The first-order chi connectivity index (χ1) is 9.41. The Hall–Kier alpha value is -0.0400. The topological polar surface area (TPSA) is 20.2 Å². The molecule has 1 atom stereocenters. The Bertz CT molecular complexity index is 212.